The summed E-state index contributed by atoms with van der Waals surface area (Å²) in [7, 11) is 3.16. The summed E-state index contributed by atoms with van der Waals surface area (Å²) in [6.45, 7) is 11.1. The van der Waals surface area contributed by atoms with Crippen molar-refractivity contribution in [3.63, 3.8) is 0 Å². The number of piperazine rings is 1. The molecule has 1 aliphatic rings. The van der Waals surface area contributed by atoms with Crippen LogP contribution in [0.5, 0.6) is 5.75 Å². The van der Waals surface area contributed by atoms with Gasteiger partial charge in [-0.3, -0.25) is 18.8 Å². The zero-order chi connectivity index (χ0) is 24.0. The smallest absolute Gasteiger partial charge is 0.332 e. The molecule has 0 bridgehead atoms. The average Bonchev–Trinajstić information content (AvgIpc) is 2.81. The molecule has 180 valence electrons. The molecule has 0 amide bonds. The van der Waals surface area contributed by atoms with Gasteiger partial charge in [0.1, 0.15) is 17.4 Å². The van der Waals surface area contributed by atoms with E-state index in [0.717, 1.165) is 49.4 Å². The summed E-state index contributed by atoms with van der Waals surface area (Å²) in [4.78, 5) is 29.4. The van der Waals surface area contributed by atoms with Crippen molar-refractivity contribution in [3.05, 3.63) is 63.1 Å². The summed E-state index contributed by atoms with van der Waals surface area (Å²) in [5.74, 6) is 0.857. The molecule has 8 nitrogen and oxygen atoms in total. The lowest BCUT2D eigenvalue weighted by Gasteiger charge is -2.36. The minimum atomic E-state index is -0.348. The zero-order valence-electron chi connectivity index (χ0n) is 19.8. The molecule has 0 atom stereocenters. The van der Waals surface area contributed by atoms with Crippen molar-refractivity contribution in [2.45, 2.75) is 19.8 Å². The van der Waals surface area contributed by atoms with Gasteiger partial charge in [0.15, 0.2) is 0 Å². The first-order chi connectivity index (χ1) is 15.9. The molecule has 1 aliphatic heterocycles. The molecular formula is C24H34FN5O3. The van der Waals surface area contributed by atoms with E-state index < -0.39 is 0 Å². The van der Waals surface area contributed by atoms with Gasteiger partial charge in [-0.15, -0.1) is 6.58 Å². The maximum atomic E-state index is 13.6. The number of ether oxygens (including phenoxy) is 1. The van der Waals surface area contributed by atoms with E-state index in [1.54, 1.807) is 19.2 Å². The second kappa shape index (κ2) is 11.2. The van der Waals surface area contributed by atoms with Crippen LogP contribution >= 0.6 is 0 Å². The number of halogens is 1. The number of nitrogens with zero attached hydrogens (tertiary/aromatic N) is 4. The van der Waals surface area contributed by atoms with Crippen LogP contribution in [0.4, 0.5) is 15.9 Å². The van der Waals surface area contributed by atoms with Gasteiger partial charge in [0.25, 0.3) is 5.56 Å². The van der Waals surface area contributed by atoms with Gasteiger partial charge in [-0.1, -0.05) is 6.08 Å². The number of benzene rings is 1. The van der Waals surface area contributed by atoms with Crippen LogP contribution in [0.1, 0.15) is 18.9 Å². The van der Waals surface area contributed by atoms with Crippen molar-refractivity contribution in [2.24, 2.45) is 14.1 Å². The van der Waals surface area contributed by atoms with Gasteiger partial charge in [-0.2, -0.15) is 0 Å². The largest absolute Gasteiger partial charge is 0.492 e. The fourth-order valence-corrected chi connectivity index (χ4v) is 4.21. The van der Waals surface area contributed by atoms with Gasteiger partial charge in [0.2, 0.25) is 0 Å². The van der Waals surface area contributed by atoms with Crippen molar-refractivity contribution in [1.82, 2.24) is 14.0 Å². The van der Waals surface area contributed by atoms with E-state index in [0.29, 0.717) is 36.7 Å². The summed E-state index contributed by atoms with van der Waals surface area (Å²) in [6.07, 6.45) is 2.94. The Balaban J connectivity index is 1.54. The Morgan fingerprint density at radius 2 is 1.88 bits per heavy atom. The van der Waals surface area contributed by atoms with Crippen LogP contribution in [0, 0.1) is 5.82 Å². The van der Waals surface area contributed by atoms with Gasteiger partial charge >= 0.3 is 5.69 Å². The number of anilines is 2. The third kappa shape index (κ3) is 5.65. The van der Waals surface area contributed by atoms with Crippen LogP contribution in [0.3, 0.4) is 0 Å². The Labute approximate surface area is 193 Å². The van der Waals surface area contributed by atoms with Gasteiger partial charge in [-0.05, 0) is 38.4 Å². The molecule has 3 rings (SSSR count). The summed E-state index contributed by atoms with van der Waals surface area (Å²) in [5.41, 5.74) is 0.844. The lowest BCUT2D eigenvalue weighted by molar-refractivity contribution is 0.255. The van der Waals surface area contributed by atoms with Crippen LogP contribution in [0.25, 0.3) is 0 Å². The summed E-state index contributed by atoms with van der Waals surface area (Å²) < 4.78 is 21.8. The lowest BCUT2D eigenvalue weighted by atomic mass is 10.2. The van der Waals surface area contributed by atoms with Crippen LogP contribution < -0.4 is 26.2 Å². The van der Waals surface area contributed by atoms with Crippen LogP contribution in [-0.4, -0.2) is 59.9 Å². The summed E-state index contributed by atoms with van der Waals surface area (Å²) in [6, 6.07) is 4.71. The molecule has 2 heterocycles. The normalized spacial score (nSPS) is 14.4. The van der Waals surface area contributed by atoms with E-state index >= 15 is 0 Å². The van der Waals surface area contributed by atoms with Crippen molar-refractivity contribution in [2.75, 3.05) is 56.1 Å². The third-order valence-electron chi connectivity index (χ3n) is 5.98. The molecule has 0 spiro atoms. The first-order valence-corrected chi connectivity index (χ1v) is 11.4. The molecule has 33 heavy (non-hydrogen) atoms. The van der Waals surface area contributed by atoms with Crippen LogP contribution in [0.15, 0.2) is 40.4 Å². The Hall–Kier alpha value is -3.07. The number of allylic oxidation sites excluding steroid dienone is 1. The number of nitrogens with one attached hydrogen (secondary N) is 1. The van der Waals surface area contributed by atoms with Gasteiger partial charge in [0, 0.05) is 52.9 Å². The number of rotatable bonds is 10. The summed E-state index contributed by atoms with van der Waals surface area (Å²) >= 11 is 0. The monoisotopic (exact) mass is 459 g/mol. The maximum Gasteiger partial charge on any atom is 0.332 e. The van der Waals surface area contributed by atoms with Crippen LogP contribution in [-0.2, 0) is 20.5 Å². The number of hydrogen-bond donors (Lipinski definition) is 1. The molecule has 0 saturated carbocycles. The van der Waals surface area contributed by atoms with Crippen molar-refractivity contribution in [1.29, 1.82) is 0 Å². The van der Waals surface area contributed by atoms with E-state index in [4.69, 9.17) is 4.74 Å². The maximum absolute atomic E-state index is 13.6. The molecule has 1 aromatic carbocycles. The molecule has 0 radical (unpaired) electrons. The second-order valence-electron chi connectivity index (χ2n) is 8.18. The van der Waals surface area contributed by atoms with E-state index in [9.17, 15) is 14.0 Å². The Kier molecular flexibility index (Phi) is 8.32. The highest BCUT2D eigenvalue weighted by Gasteiger charge is 2.20. The average molecular weight is 460 g/mol. The Morgan fingerprint density at radius 1 is 1.15 bits per heavy atom. The minimum Gasteiger partial charge on any atom is -0.492 e. The van der Waals surface area contributed by atoms with Crippen molar-refractivity contribution >= 4 is 11.5 Å². The number of aromatic nitrogens is 2. The first-order valence-electron chi connectivity index (χ1n) is 11.4. The van der Waals surface area contributed by atoms with E-state index in [2.05, 4.69) is 21.7 Å². The van der Waals surface area contributed by atoms with E-state index in [1.165, 1.54) is 23.7 Å². The highest BCUT2D eigenvalue weighted by atomic mass is 19.1. The van der Waals surface area contributed by atoms with Gasteiger partial charge < -0.3 is 15.0 Å². The SMILES string of the molecule is C=CCc1c(NCCCN2CCN(c3ccc(F)cc3OCC)CC2)n(C)c(=O)n(C)c1=O. The molecule has 1 saturated heterocycles. The third-order valence-corrected chi connectivity index (χ3v) is 5.98. The molecule has 9 heteroatoms. The predicted molar refractivity (Wildman–Crippen MR) is 130 cm³/mol. The molecule has 0 aliphatic carbocycles. The standard InChI is InChI=1S/C24H34FN5O3/c1-5-8-19-22(27(3)24(32)28(4)23(19)31)26-11-7-12-29-13-15-30(16-14-29)20-10-9-18(25)17-21(20)33-6-2/h5,9-10,17,26H,1,6-8,11-16H2,2-4H3. The molecule has 1 aromatic heterocycles. The first kappa shape index (κ1) is 24.6. The van der Waals surface area contributed by atoms with Crippen LogP contribution in [0.2, 0.25) is 0 Å². The van der Waals surface area contributed by atoms with Gasteiger partial charge in [-0.25, -0.2) is 9.18 Å². The Morgan fingerprint density at radius 3 is 2.55 bits per heavy atom. The second-order valence-corrected chi connectivity index (χ2v) is 8.18. The molecule has 0 unspecified atom stereocenters. The van der Waals surface area contributed by atoms with Crippen molar-refractivity contribution in [3.8, 4) is 5.75 Å². The topological polar surface area (TPSA) is 71.7 Å². The number of hydrogen-bond acceptors (Lipinski definition) is 6. The highest BCUT2D eigenvalue weighted by molar-refractivity contribution is 5.59. The van der Waals surface area contributed by atoms with E-state index in [-0.39, 0.29) is 17.1 Å². The van der Waals surface area contributed by atoms with E-state index in [1.807, 2.05) is 6.92 Å². The molecule has 2 aromatic rings. The van der Waals surface area contributed by atoms with Gasteiger partial charge in [0.05, 0.1) is 17.9 Å². The molecule has 1 fully saturated rings. The molecular weight excluding hydrogens is 425 g/mol. The van der Waals surface area contributed by atoms with Crippen molar-refractivity contribution < 1.29 is 9.13 Å². The predicted octanol–water partition coefficient (Wildman–Crippen LogP) is 1.97. The Bertz CT molecular complexity index is 1090. The highest BCUT2D eigenvalue weighted by Crippen LogP contribution is 2.30. The lowest BCUT2D eigenvalue weighted by Crippen LogP contribution is -2.47. The fraction of sp³-hybridized carbons (Fsp3) is 0.500. The minimum absolute atomic E-state index is 0.288. The quantitative estimate of drug-likeness (QED) is 0.433. The fourth-order valence-electron chi connectivity index (χ4n) is 4.21. The molecule has 1 N–H and O–H groups in total. The zero-order valence-corrected chi connectivity index (χ0v) is 19.8. The summed E-state index contributed by atoms with van der Waals surface area (Å²) in [5, 5.41) is 3.29.